The Hall–Kier alpha value is -2.75. The van der Waals surface area contributed by atoms with E-state index in [0.29, 0.717) is 14.9 Å². The Balaban J connectivity index is 2.45. The first-order chi connectivity index (χ1) is 14.1. The third-order valence-electron chi connectivity index (χ3n) is 4.58. The third-order valence-corrected chi connectivity index (χ3v) is 6.20. The minimum atomic E-state index is -0.739. The zero-order chi connectivity index (χ0) is 22.1. The Morgan fingerprint density at radius 3 is 2.33 bits per heavy atom. The van der Waals surface area contributed by atoms with Gasteiger partial charge < -0.3 is 0 Å². The molecule has 4 nitrogen and oxygen atoms in total. The van der Waals surface area contributed by atoms with E-state index in [9.17, 15) is 14.9 Å². The second kappa shape index (κ2) is 8.55. The Kier molecular flexibility index (Phi) is 6.25. The first-order valence-electron chi connectivity index (χ1n) is 9.38. The molecule has 6 heteroatoms. The van der Waals surface area contributed by atoms with Crippen molar-refractivity contribution in [2.75, 3.05) is 0 Å². The van der Waals surface area contributed by atoms with Gasteiger partial charge in [0.25, 0.3) is 5.56 Å². The number of rotatable bonds is 3. The fourth-order valence-electron chi connectivity index (χ4n) is 2.96. The molecule has 0 unspecified atom stereocenters. The highest BCUT2D eigenvalue weighted by molar-refractivity contribution is 9.10. The smallest absolute Gasteiger partial charge is 0.273 e. The van der Waals surface area contributed by atoms with Gasteiger partial charge in [-0.3, -0.25) is 14.2 Å². The summed E-state index contributed by atoms with van der Waals surface area (Å²) in [5.41, 5.74) is 1.43. The topological polar surface area (TPSA) is 62.9 Å². The molecule has 0 amide bonds. The fraction of sp³-hybridized carbons (Fsp3) is 0.208. The van der Waals surface area contributed by atoms with E-state index in [4.69, 9.17) is 0 Å². The molecule has 0 N–H and O–H groups in total. The second-order valence-corrected chi connectivity index (χ2v) is 9.91. The van der Waals surface area contributed by atoms with Crippen LogP contribution < -0.4 is 14.8 Å². The van der Waals surface area contributed by atoms with Gasteiger partial charge in [0, 0.05) is 9.89 Å². The van der Waals surface area contributed by atoms with Crippen LogP contribution in [0.25, 0.3) is 17.3 Å². The van der Waals surface area contributed by atoms with Crippen LogP contribution in [-0.4, -0.2) is 10.4 Å². The first kappa shape index (κ1) is 21.9. The summed E-state index contributed by atoms with van der Waals surface area (Å²) in [6.07, 6.45) is 1.79. The van der Waals surface area contributed by atoms with E-state index >= 15 is 0 Å². The molecule has 0 saturated carbocycles. The Bertz CT molecular complexity index is 1330. The maximum absolute atomic E-state index is 13.4. The predicted octanol–water partition coefficient (Wildman–Crippen LogP) is 4.09. The average Bonchev–Trinajstić information content (AvgIpc) is 3.00. The molecule has 0 saturated heterocycles. The highest BCUT2D eigenvalue weighted by Gasteiger charge is 2.27. The van der Waals surface area contributed by atoms with Crippen molar-refractivity contribution in [3.05, 3.63) is 83.7 Å². The van der Waals surface area contributed by atoms with Gasteiger partial charge in [0.05, 0.1) is 10.2 Å². The molecule has 0 aliphatic heterocycles. The highest BCUT2D eigenvalue weighted by atomic mass is 79.9. The molecule has 0 spiro atoms. The van der Waals surface area contributed by atoms with E-state index in [-0.39, 0.29) is 16.9 Å². The van der Waals surface area contributed by atoms with Crippen LogP contribution in [0, 0.1) is 23.7 Å². The number of carbonyl (C=O) groups excluding carboxylic acids is 1. The Morgan fingerprint density at radius 1 is 1.13 bits per heavy atom. The molecular weight excluding hydrogens is 460 g/mol. The quantitative estimate of drug-likeness (QED) is 0.566. The van der Waals surface area contributed by atoms with Gasteiger partial charge in [0.2, 0.25) is 0 Å². The minimum absolute atomic E-state index is 0.00306. The number of halogens is 1. The molecular formula is C24H21BrN2O2S. The number of hydrogen-bond donors (Lipinski definition) is 0. The van der Waals surface area contributed by atoms with Gasteiger partial charge in [0.1, 0.15) is 16.3 Å². The number of aromatic nitrogens is 1. The molecule has 0 aliphatic rings. The first-order valence-corrected chi connectivity index (χ1v) is 11.0. The number of benzene rings is 2. The largest absolute Gasteiger partial charge is 0.293 e. The van der Waals surface area contributed by atoms with E-state index < -0.39 is 5.41 Å². The molecule has 0 bridgehead atoms. The molecule has 0 radical (unpaired) electrons. The maximum Gasteiger partial charge on any atom is 0.273 e. The van der Waals surface area contributed by atoms with Crippen LogP contribution in [0.5, 0.6) is 0 Å². The average molecular weight is 481 g/mol. The summed E-state index contributed by atoms with van der Waals surface area (Å²) in [5.74, 6) is -0.288. The van der Waals surface area contributed by atoms with E-state index in [0.717, 1.165) is 15.6 Å². The normalized spacial score (nSPS) is 13.1. The van der Waals surface area contributed by atoms with Crippen LogP contribution in [0.4, 0.5) is 0 Å². The zero-order valence-corrected chi connectivity index (χ0v) is 19.6. The van der Waals surface area contributed by atoms with E-state index in [1.54, 1.807) is 26.8 Å². The van der Waals surface area contributed by atoms with Gasteiger partial charge in [-0.15, -0.1) is 11.3 Å². The Labute approximate surface area is 187 Å². The molecule has 0 aliphatic carbocycles. The molecule has 0 atom stereocenters. The summed E-state index contributed by atoms with van der Waals surface area (Å²) in [6.45, 7) is 7.21. The van der Waals surface area contributed by atoms with Crippen molar-refractivity contribution < 1.29 is 4.79 Å². The number of carbonyl (C=O) groups is 1. The Morgan fingerprint density at radius 2 is 1.77 bits per heavy atom. The number of nitriles is 1. The van der Waals surface area contributed by atoms with Crippen molar-refractivity contribution in [2.24, 2.45) is 5.41 Å². The highest BCUT2D eigenvalue weighted by Crippen LogP contribution is 2.20. The minimum Gasteiger partial charge on any atom is -0.293 e. The van der Waals surface area contributed by atoms with E-state index in [1.807, 2.05) is 55.5 Å². The second-order valence-electron chi connectivity index (χ2n) is 7.96. The van der Waals surface area contributed by atoms with Gasteiger partial charge in [-0.25, -0.2) is 0 Å². The van der Waals surface area contributed by atoms with Crippen LogP contribution in [0.2, 0.25) is 0 Å². The lowest BCUT2D eigenvalue weighted by Gasteiger charge is -2.15. The number of hydrogen-bond acceptors (Lipinski definition) is 4. The van der Waals surface area contributed by atoms with Crippen LogP contribution in [0.15, 0.2) is 57.8 Å². The van der Waals surface area contributed by atoms with E-state index in [2.05, 4.69) is 22.0 Å². The van der Waals surface area contributed by atoms with Crippen molar-refractivity contribution in [1.29, 1.82) is 5.26 Å². The standard InChI is InChI=1S/C24H21BrN2O2S/c1-15-7-5-6-8-19(15)27-22(29)20(13-16-9-11-17(25)12-10-16)30-23(27)18(14-26)21(28)24(2,3)4/h5-13H,1-4H3. The fourth-order valence-corrected chi connectivity index (χ4v) is 4.32. The summed E-state index contributed by atoms with van der Waals surface area (Å²) in [4.78, 5) is 26.4. The van der Waals surface area contributed by atoms with Crippen molar-refractivity contribution in [1.82, 2.24) is 4.57 Å². The molecule has 1 heterocycles. The van der Waals surface area contributed by atoms with Gasteiger partial charge in [-0.2, -0.15) is 5.26 Å². The predicted molar refractivity (Wildman–Crippen MR) is 125 cm³/mol. The van der Waals surface area contributed by atoms with E-state index in [1.165, 1.54) is 15.9 Å². The number of Topliss-reactive ketones (excluding diaryl/α,β-unsaturated/α-hetero) is 1. The summed E-state index contributed by atoms with van der Waals surface area (Å²) >= 11 is 4.58. The van der Waals surface area contributed by atoms with Crippen LogP contribution in [0.1, 0.15) is 31.9 Å². The van der Waals surface area contributed by atoms with Gasteiger partial charge in [-0.05, 0) is 42.3 Å². The molecule has 152 valence electrons. The lowest BCUT2D eigenvalue weighted by molar-refractivity contribution is -0.120. The van der Waals surface area contributed by atoms with Gasteiger partial charge in [0.15, 0.2) is 5.78 Å². The van der Waals surface area contributed by atoms with Gasteiger partial charge >= 0.3 is 0 Å². The summed E-state index contributed by atoms with van der Waals surface area (Å²) < 4.78 is 3.26. The van der Waals surface area contributed by atoms with Crippen molar-refractivity contribution in [3.63, 3.8) is 0 Å². The zero-order valence-electron chi connectivity index (χ0n) is 17.2. The monoisotopic (exact) mass is 480 g/mol. The summed E-state index contributed by atoms with van der Waals surface area (Å²) in [6, 6.07) is 17.1. The van der Waals surface area contributed by atoms with Crippen LogP contribution in [0.3, 0.4) is 0 Å². The molecule has 3 rings (SSSR count). The third kappa shape index (κ3) is 4.38. The van der Waals surface area contributed by atoms with Crippen molar-refractivity contribution >= 4 is 44.7 Å². The maximum atomic E-state index is 13.4. The molecule has 0 fully saturated rings. The SMILES string of the molecule is Cc1ccccc1-n1c(=C(C#N)C(=O)C(C)(C)C)sc(=Cc2ccc(Br)cc2)c1=O. The van der Waals surface area contributed by atoms with Gasteiger partial charge in [-0.1, -0.05) is 67.0 Å². The van der Waals surface area contributed by atoms with Crippen molar-refractivity contribution in [2.45, 2.75) is 27.7 Å². The number of aryl methyl sites for hydroxylation is 1. The van der Waals surface area contributed by atoms with Crippen LogP contribution in [-0.2, 0) is 4.79 Å². The number of thiazole rings is 1. The number of nitrogens with zero attached hydrogens (tertiary/aromatic N) is 2. The number of para-hydroxylation sites is 1. The van der Waals surface area contributed by atoms with Crippen molar-refractivity contribution in [3.8, 4) is 11.8 Å². The van der Waals surface area contributed by atoms with Crippen LogP contribution >= 0.6 is 27.3 Å². The molecule has 2 aromatic carbocycles. The number of ketones is 1. The molecule has 30 heavy (non-hydrogen) atoms. The molecule has 3 aromatic rings. The lowest BCUT2D eigenvalue weighted by atomic mass is 9.87. The summed E-state index contributed by atoms with van der Waals surface area (Å²) in [7, 11) is 0. The lowest BCUT2D eigenvalue weighted by Crippen LogP contribution is -2.33. The summed E-state index contributed by atoms with van der Waals surface area (Å²) in [5, 5.41) is 9.84. The molecule has 1 aromatic heterocycles.